The summed E-state index contributed by atoms with van der Waals surface area (Å²) in [5.41, 5.74) is 11.2. The van der Waals surface area contributed by atoms with Crippen LogP contribution in [0.3, 0.4) is 0 Å². The second kappa shape index (κ2) is 5.32. The molecule has 5 heteroatoms. The highest BCUT2D eigenvalue weighted by Crippen LogP contribution is 2.29. The highest BCUT2D eigenvalue weighted by Gasteiger charge is 2.29. The van der Waals surface area contributed by atoms with Crippen LogP contribution < -0.4 is 11.5 Å². The Balaban J connectivity index is 2.65. The van der Waals surface area contributed by atoms with E-state index in [0.717, 1.165) is 17.7 Å². The van der Waals surface area contributed by atoms with Crippen molar-refractivity contribution >= 4 is 0 Å². The summed E-state index contributed by atoms with van der Waals surface area (Å²) in [6.07, 6.45) is -3.06. The Bertz CT molecular complexity index is 319. The normalized spacial score (nSPS) is 13.8. The fourth-order valence-corrected chi connectivity index (χ4v) is 1.45. The molecule has 0 aliphatic rings. The van der Waals surface area contributed by atoms with Crippen LogP contribution in [0.15, 0.2) is 24.3 Å². The van der Waals surface area contributed by atoms with Gasteiger partial charge >= 0.3 is 6.18 Å². The molecule has 4 N–H and O–H groups in total. The second-order valence-electron chi connectivity index (χ2n) is 3.74. The van der Waals surface area contributed by atoms with Gasteiger partial charge in [0.1, 0.15) is 0 Å². The Morgan fingerprint density at radius 3 is 2.12 bits per heavy atom. The highest BCUT2D eigenvalue weighted by molar-refractivity contribution is 5.25. The van der Waals surface area contributed by atoms with Crippen LogP contribution in [-0.4, -0.2) is 12.6 Å². The number of benzene rings is 1. The number of nitrogens with two attached hydrogens (primary N) is 2. The predicted octanol–water partition coefficient (Wildman–Crippen LogP) is 1.92. The molecule has 0 saturated heterocycles. The van der Waals surface area contributed by atoms with Crippen molar-refractivity contribution in [1.82, 2.24) is 0 Å². The predicted molar refractivity (Wildman–Crippen MR) is 56.8 cm³/mol. The summed E-state index contributed by atoms with van der Waals surface area (Å²) in [7, 11) is 0. The summed E-state index contributed by atoms with van der Waals surface area (Å²) in [6, 6.07) is 4.97. The van der Waals surface area contributed by atoms with Crippen molar-refractivity contribution in [1.29, 1.82) is 0 Å². The van der Waals surface area contributed by atoms with Gasteiger partial charge in [-0.05, 0) is 37.1 Å². The lowest BCUT2D eigenvalue weighted by molar-refractivity contribution is -0.137. The third kappa shape index (κ3) is 3.83. The SMILES string of the molecule is NCCC(N)Cc1ccc(C(F)(F)F)cc1. The molecule has 1 aromatic carbocycles. The van der Waals surface area contributed by atoms with Crippen LogP contribution in [0, 0.1) is 0 Å². The van der Waals surface area contributed by atoms with Gasteiger partial charge in [0.2, 0.25) is 0 Å². The number of alkyl halides is 3. The van der Waals surface area contributed by atoms with Gasteiger partial charge in [-0.25, -0.2) is 0 Å². The Morgan fingerprint density at radius 1 is 1.12 bits per heavy atom. The molecular weight excluding hydrogens is 217 g/mol. The van der Waals surface area contributed by atoms with Gasteiger partial charge in [-0.2, -0.15) is 13.2 Å². The molecular formula is C11H15F3N2. The van der Waals surface area contributed by atoms with E-state index in [0.29, 0.717) is 19.4 Å². The first kappa shape index (κ1) is 13.0. The van der Waals surface area contributed by atoms with Gasteiger partial charge in [0, 0.05) is 6.04 Å². The van der Waals surface area contributed by atoms with Gasteiger partial charge < -0.3 is 11.5 Å². The van der Waals surface area contributed by atoms with E-state index in [1.165, 1.54) is 12.1 Å². The van der Waals surface area contributed by atoms with Crippen molar-refractivity contribution < 1.29 is 13.2 Å². The summed E-state index contributed by atoms with van der Waals surface area (Å²) in [6.45, 7) is 0.488. The lowest BCUT2D eigenvalue weighted by Crippen LogP contribution is -2.26. The Kier molecular flexibility index (Phi) is 4.32. The molecule has 0 bridgehead atoms. The second-order valence-corrected chi connectivity index (χ2v) is 3.74. The summed E-state index contributed by atoms with van der Waals surface area (Å²) < 4.78 is 36.8. The fourth-order valence-electron chi connectivity index (χ4n) is 1.45. The third-order valence-electron chi connectivity index (χ3n) is 2.32. The number of hydrogen-bond acceptors (Lipinski definition) is 2. The molecule has 0 saturated carbocycles. The van der Waals surface area contributed by atoms with Gasteiger partial charge in [-0.15, -0.1) is 0 Å². The molecule has 0 spiro atoms. The molecule has 16 heavy (non-hydrogen) atoms. The van der Waals surface area contributed by atoms with Gasteiger partial charge in [-0.3, -0.25) is 0 Å². The minimum Gasteiger partial charge on any atom is -0.330 e. The number of halogens is 3. The van der Waals surface area contributed by atoms with Gasteiger partial charge in [0.15, 0.2) is 0 Å². The topological polar surface area (TPSA) is 52.0 Å². The summed E-state index contributed by atoms with van der Waals surface area (Å²) in [5.74, 6) is 0. The van der Waals surface area contributed by atoms with Crippen molar-refractivity contribution in [2.45, 2.75) is 25.1 Å². The van der Waals surface area contributed by atoms with Crippen LogP contribution in [0.25, 0.3) is 0 Å². The maximum Gasteiger partial charge on any atom is 0.416 e. The summed E-state index contributed by atoms with van der Waals surface area (Å²) in [4.78, 5) is 0. The van der Waals surface area contributed by atoms with Crippen molar-refractivity contribution in [2.75, 3.05) is 6.54 Å². The molecule has 0 aliphatic carbocycles. The van der Waals surface area contributed by atoms with Crippen LogP contribution in [-0.2, 0) is 12.6 Å². The van der Waals surface area contributed by atoms with Crippen LogP contribution in [0.4, 0.5) is 13.2 Å². The molecule has 0 fully saturated rings. The highest BCUT2D eigenvalue weighted by atomic mass is 19.4. The van der Waals surface area contributed by atoms with E-state index >= 15 is 0 Å². The van der Waals surface area contributed by atoms with Crippen LogP contribution >= 0.6 is 0 Å². The molecule has 1 rings (SSSR count). The monoisotopic (exact) mass is 232 g/mol. The fraction of sp³-hybridized carbons (Fsp3) is 0.455. The van der Waals surface area contributed by atoms with E-state index < -0.39 is 11.7 Å². The average Bonchev–Trinajstić information content (AvgIpc) is 2.17. The maximum atomic E-state index is 12.3. The zero-order valence-corrected chi connectivity index (χ0v) is 8.80. The first-order valence-corrected chi connectivity index (χ1v) is 5.05. The van der Waals surface area contributed by atoms with E-state index in [-0.39, 0.29) is 6.04 Å². The van der Waals surface area contributed by atoms with Crippen LogP contribution in [0.2, 0.25) is 0 Å². The van der Waals surface area contributed by atoms with E-state index in [9.17, 15) is 13.2 Å². The quantitative estimate of drug-likeness (QED) is 0.833. The molecule has 1 unspecified atom stereocenters. The zero-order chi connectivity index (χ0) is 12.2. The van der Waals surface area contributed by atoms with E-state index in [2.05, 4.69) is 0 Å². The molecule has 90 valence electrons. The molecule has 0 aliphatic heterocycles. The maximum absolute atomic E-state index is 12.3. The number of rotatable bonds is 4. The van der Waals surface area contributed by atoms with Crippen molar-refractivity contribution in [2.24, 2.45) is 11.5 Å². The van der Waals surface area contributed by atoms with Crippen LogP contribution in [0.1, 0.15) is 17.5 Å². The van der Waals surface area contributed by atoms with Crippen molar-refractivity contribution in [3.05, 3.63) is 35.4 Å². The standard InChI is InChI=1S/C11H15F3N2/c12-11(13,14)9-3-1-8(2-4-9)7-10(16)5-6-15/h1-4,10H,5-7,15-16H2. The van der Waals surface area contributed by atoms with Gasteiger partial charge in [0.25, 0.3) is 0 Å². The first-order chi connectivity index (χ1) is 7.43. The molecule has 0 radical (unpaired) electrons. The van der Waals surface area contributed by atoms with E-state index in [4.69, 9.17) is 11.5 Å². The smallest absolute Gasteiger partial charge is 0.330 e. The average molecular weight is 232 g/mol. The van der Waals surface area contributed by atoms with Gasteiger partial charge in [-0.1, -0.05) is 12.1 Å². The molecule has 0 amide bonds. The van der Waals surface area contributed by atoms with E-state index in [1.54, 1.807) is 0 Å². The summed E-state index contributed by atoms with van der Waals surface area (Å²) >= 11 is 0. The number of hydrogen-bond donors (Lipinski definition) is 2. The Morgan fingerprint density at radius 2 is 1.69 bits per heavy atom. The minimum atomic E-state index is -4.28. The molecule has 0 aromatic heterocycles. The Hall–Kier alpha value is -1.07. The van der Waals surface area contributed by atoms with E-state index in [1.807, 2.05) is 0 Å². The molecule has 2 nitrogen and oxygen atoms in total. The zero-order valence-electron chi connectivity index (χ0n) is 8.80. The summed E-state index contributed by atoms with van der Waals surface area (Å²) in [5, 5.41) is 0. The molecule has 0 heterocycles. The lowest BCUT2D eigenvalue weighted by atomic mass is 10.0. The largest absolute Gasteiger partial charge is 0.416 e. The van der Waals surface area contributed by atoms with Crippen LogP contribution in [0.5, 0.6) is 0 Å². The first-order valence-electron chi connectivity index (χ1n) is 5.05. The van der Waals surface area contributed by atoms with Crippen molar-refractivity contribution in [3.8, 4) is 0 Å². The van der Waals surface area contributed by atoms with Gasteiger partial charge in [0.05, 0.1) is 5.56 Å². The minimum absolute atomic E-state index is 0.0956. The van der Waals surface area contributed by atoms with Crippen molar-refractivity contribution in [3.63, 3.8) is 0 Å². The lowest BCUT2D eigenvalue weighted by Gasteiger charge is -2.11. The molecule has 1 aromatic rings. The molecule has 1 atom stereocenters. The Labute approximate surface area is 92.4 Å². The third-order valence-corrected chi connectivity index (χ3v) is 2.32.